The van der Waals surface area contributed by atoms with E-state index in [9.17, 15) is 27.9 Å². The van der Waals surface area contributed by atoms with Gasteiger partial charge in [0, 0.05) is 5.69 Å². The summed E-state index contributed by atoms with van der Waals surface area (Å²) in [5.41, 5.74) is -0.815. The van der Waals surface area contributed by atoms with Gasteiger partial charge < -0.3 is 15.2 Å². The van der Waals surface area contributed by atoms with Crippen LogP contribution in [0.15, 0.2) is 48.5 Å². The van der Waals surface area contributed by atoms with Gasteiger partial charge in [0.2, 0.25) is 0 Å². The van der Waals surface area contributed by atoms with Gasteiger partial charge in [0.05, 0.1) is 5.56 Å². The molecule has 25 heavy (non-hydrogen) atoms. The zero-order valence-corrected chi connectivity index (χ0v) is 13.0. The van der Waals surface area contributed by atoms with E-state index in [2.05, 4.69) is 5.32 Å². The molecule has 0 spiro atoms. The monoisotopic (exact) mass is 353 g/mol. The number of para-hydroxylation sites is 1. The standard InChI is InChI=1S/C17H14F3NO4/c1-10(25-16(24)13-4-2-3-5-14(13)22)15(23)21-12-8-6-11(7-9-12)17(18,19)20/h2-10,22H,1H3,(H,21,23)/t10-/m1/s1. The topological polar surface area (TPSA) is 75.6 Å². The Morgan fingerprint density at radius 1 is 1.08 bits per heavy atom. The molecule has 5 nitrogen and oxygen atoms in total. The summed E-state index contributed by atoms with van der Waals surface area (Å²) < 4.78 is 42.4. The van der Waals surface area contributed by atoms with Crippen molar-refractivity contribution in [3.8, 4) is 5.75 Å². The van der Waals surface area contributed by atoms with E-state index in [4.69, 9.17) is 4.74 Å². The molecular weight excluding hydrogens is 339 g/mol. The fraction of sp³-hybridized carbons (Fsp3) is 0.176. The average molecular weight is 353 g/mol. The number of carbonyl (C=O) groups excluding carboxylic acids is 2. The Balaban J connectivity index is 1.98. The number of esters is 1. The van der Waals surface area contributed by atoms with Crippen LogP contribution < -0.4 is 5.32 Å². The number of carbonyl (C=O) groups is 2. The van der Waals surface area contributed by atoms with E-state index in [0.29, 0.717) is 0 Å². The van der Waals surface area contributed by atoms with Crippen LogP contribution in [0.1, 0.15) is 22.8 Å². The van der Waals surface area contributed by atoms with E-state index in [0.717, 1.165) is 24.3 Å². The van der Waals surface area contributed by atoms with Crippen LogP contribution >= 0.6 is 0 Å². The van der Waals surface area contributed by atoms with Crippen LogP contribution in [-0.2, 0) is 15.7 Å². The van der Waals surface area contributed by atoms with Crippen molar-refractivity contribution in [1.29, 1.82) is 0 Å². The summed E-state index contributed by atoms with van der Waals surface area (Å²) in [4.78, 5) is 23.9. The lowest BCUT2D eigenvalue weighted by molar-refractivity contribution is -0.137. The molecule has 0 heterocycles. The third-order valence-electron chi connectivity index (χ3n) is 3.26. The van der Waals surface area contributed by atoms with Gasteiger partial charge >= 0.3 is 12.1 Å². The highest BCUT2D eigenvalue weighted by atomic mass is 19.4. The number of nitrogens with one attached hydrogen (secondary N) is 1. The summed E-state index contributed by atoms with van der Waals surface area (Å²) >= 11 is 0. The fourth-order valence-corrected chi connectivity index (χ4v) is 1.91. The summed E-state index contributed by atoms with van der Waals surface area (Å²) in [7, 11) is 0. The van der Waals surface area contributed by atoms with Gasteiger partial charge in [-0.05, 0) is 43.3 Å². The van der Waals surface area contributed by atoms with Gasteiger partial charge in [0.15, 0.2) is 6.10 Å². The molecule has 0 aliphatic heterocycles. The number of hydrogen-bond donors (Lipinski definition) is 2. The second-order valence-electron chi connectivity index (χ2n) is 5.13. The maximum absolute atomic E-state index is 12.5. The maximum Gasteiger partial charge on any atom is 0.416 e. The first-order chi connectivity index (χ1) is 11.7. The minimum Gasteiger partial charge on any atom is -0.507 e. The number of hydrogen-bond acceptors (Lipinski definition) is 4. The van der Waals surface area contributed by atoms with E-state index >= 15 is 0 Å². The van der Waals surface area contributed by atoms with Crippen molar-refractivity contribution in [3.05, 3.63) is 59.7 Å². The fourth-order valence-electron chi connectivity index (χ4n) is 1.91. The molecule has 8 heteroatoms. The van der Waals surface area contributed by atoms with E-state index in [1.807, 2.05) is 0 Å². The molecule has 132 valence electrons. The van der Waals surface area contributed by atoms with Crippen LogP contribution in [0.4, 0.5) is 18.9 Å². The van der Waals surface area contributed by atoms with Crippen molar-refractivity contribution in [3.63, 3.8) is 0 Å². The molecule has 2 aromatic rings. The van der Waals surface area contributed by atoms with Crippen LogP contribution in [-0.4, -0.2) is 23.1 Å². The molecule has 2 aromatic carbocycles. The Morgan fingerprint density at radius 2 is 1.68 bits per heavy atom. The Kier molecular flexibility index (Phi) is 5.31. The van der Waals surface area contributed by atoms with E-state index < -0.39 is 29.7 Å². The minimum absolute atomic E-state index is 0.100. The number of benzene rings is 2. The second kappa shape index (κ2) is 7.25. The van der Waals surface area contributed by atoms with Gasteiger partial charge in [-0.15, -0.1) is 0 Å². The number of rotatable bonds is 4. The van der Waals surface area contributed by atoms with Crippen LogP contribution in [0.5, 0.6) is 5.75 Å². The number of halogens is 3. The van der Waals surface area contributed by atoms with Crippen molar-refractivity contribution < 1.29 is 32.6 Å². The lowest BCUT2D eigenvalue weighted by Gasteiger charge is -2.14. The van der Waals surface area contributed by atoms with Crippen molar-refractivity contribution in [2.45, 2.75) is 19.2 Å². The van der Waals surface area contributed by atoms with Crippen LogP contribution in [0.3, 0.4) is 0 Å². The molecule has 0 radical (unpaired) electrons. The van der Waals surface area contributed by atoms with Crippen molar-refractivity contribution in [2.75, 3.05) is 5.32 Å². The molecule has 0 aliphatic carbocycles. The first kappa shape index (κ1) is 18.3. The molecule has 0 saturated heterocycles. The Hall–Kier alpha value is -3.03. The maximum atomic E-state index is 12.5. The predicted octanol–water partition coefficient (Wildman–Crippen LogP) is 3.60. The molecule has 1 atom stereocenters. The number of amides is 1. The highest BCUT2D eigenvalue weighted by Crippen LogP contribution is 2.29. The Bertz CT molecular complexity index is 772. The van der Waals surface area contributed by atoms with Gasteiger partial charge in [-0.1, -0.05) is 12.1 Å². The summed E-state index contributed by atoms with van der Waals surface area (Å²) in [5, 5.41) is 11.9. The SMILES string of the molecule is C[C@@H](OC(=O)c1ccccc1O)C(=O)Nc1ccc(C(F)(F)F)cc1. The molecular formula is C17H14F3NO4. The van der Waals surface area contributed by atoms with E-state index in [1.54, 1.807) is 0 Å². The predicted molar refractivity (Wildman–Crippen MR) is 83.1 cm³/mol. The van der Waals surface area contributed by atoms with Gasteiger partial charge in [-0.25, -0.2) is 4.79 Å². The zero-order chi connectivity index (χ0) is 18.6. The van der Waals surface area contributed by atoms with Crippen molar-refractivity contribution in [2.24, 2.45) is 0 Å². The van der Waals surface area contributed by atoms with E-state index in [-0.39, 0.29) is 17.0 Å². The number of phenolic OH excluding ortho intramolecular Hbond substituents is 1. The largest absolute Gasteiger partial charge is 0.507 e. The summed E-state index contributed by atoms with van der Waals surface area (Å²) in [6, 6.07) is 9.51. The normalized spacial score (nSPS) is 12.3. The molecule has 2 rings (SSSR count). The van der Waals surface area contributed by atoms with Gasteiger partial charge in [-0.3, -0.25) is 4.79 Å². The van der Waals surface area contributed by atoms with Gasteiger partial charge in [0.1, 0.15) is 11.3 Å². The van der Waals surface area contributed by atoms with Gasteiger partial charge in [0.25, 0.3) is 5.91 Å². The molecule has 2 N–H and O–H groups in total. The quantitative estimate of drug-likeness (QED) is 0.824. The number of anilines is 1. The summed E-state index contributed by atoms with van der Waals surface area (Å²) in [5.74, 6) is -1.90. The number of phenols is 1. The Morgan fingerprint density at radius 3 is 2.24 bits per heavy atom. The third kappa shape index (κ3) is 4.72. The molecule has 1 amide bonds. The first-order valence-corrected chi connectivity index (χ1v) is 7.15. The lowest BCUT2D eigenvalue weighted by atomic mass is 10.2. The molecule has 0 aromatic heterocycles. The third-order valence-corrected chi connectivity index (χ3v) is 3.26. The second-order valence-corrected chi connectivity index (χ2v) is 5.13. The first-order valence-electron chi connectivity index (χ1n) is 7.15. The highest BCUT2D eigenvalue weighted by molar-refractivity contribution is 5.98. The summed E-state index contributed by atoms with van der Waals surface area (Å²) in [6.07, 6.45) is -5.68. The summed E-state index contributed by atoms with van der Waals surface area (Å²) in [6.45, 7) is 1.30. The molecule has 0 unspecified atom stereocenters. The van der Waals surface area contributed by atoms with Gasteiger partial charge in [-0.2, -0.15) is 13.2 Å². The molecule has 0 fully saturated rings. The lowest BCUT2D eigenvalue weighted by Crippen LogP contribution is -2.30. The van der Waals surface area contributed by atoms with Crippen molar-refractivity contribution >= 4 is 17.6 Å². The highest BCUT2D eigenvalue weighted by Gasteiger charge is 2.30. The van der Waals surface area contributed by atoms with Crippen LogP contribution in [0, 0.1) is 0 Å². The Labute approximate surface area is 141 Å². The molecule has 0 aliphatic rings. The van der Waals surface area contributed by atoms with Crippen LogP contribution in [0.25, 0.3) is 0 Å². The number of alkyl halides is 3. The number of ether oxygens (including phenoxy) is 1. The average Bonchev–Trinajstić information content (AvgIpc) is 2.54. The number of aromatic hydroxyl groups is 1. The van der Waals surface area contributed by atoms with Crippen molar-refractivity contribution in [1.82, 2.24) is 0 Å². The zero-order valence-electron chi connectivity index (χ0n) is 13.0. The molecule has 0 bridgehead atoms. The minimum atomic E-state index is -4.47. The molecule has 0 saturated carbocycles. The van der Waals surface area contributed by atoms with E-state index in [1.165, 1.54) is 31.2 Å². The van der Waals surface area contributed by atoms with Crippen LogP contribution in [0.2, 0.25) is 0 Å². The smallest absolute Gasteiger partial charge is 0.416 e.